The van der Waals surface area contributed by atoms with E-state index in [2.05, 4.69) is 0 Å². The molecule has 0 unspecified atom stereocenters. The number of fused-ring (bicyclic) bond motifs is 4. The molecular weight excluding hydrogens is 508 g/mol. The van der Waals surface area contributed by atoms with Gasteiger partial charge in [0.15, 0.2) is 17.3 Å². The second kappa shape index (κ2) is 8.51. The molecule has 0 aromatic heterocycles. The van der Waals surface area contributed by atoms with E-state index >= 15 is 0 Å². The third kappa shape index (κ3) is 3.30. The van der Waals surface area contributed by atoms with Gasteiger partial charge in [-0.05, 0) is 45.7 Å². The van der Waals surface area contributed by atoms with Crippen LogP contribution in [-0.4, -0.2) is 33.3 Å². The van der Waals surface area contributed by atoms with Gasteiger partial charge in [-0.15, -0.1) is 0 Å². The summed E-state index contributed by atoms with van der Waals surface area (Å²) in [6.45, 7) is 7.94. The highest BCUT2D eigenvalue weighted by molar-refractivity contribution is 6.13. The number of ketones is 3. The molecule has 1 saturated carbocycles. The molecule has 0 bridgehead atoms. The maximum absolute atomic E-state index is 14.2. The summed E-state index contributed by atoms with van der Waals surface area (Å²) in [5.74, 6) is -5.50. The van der Waals surface area contributed by atoms with Crippen LogP contribution < -0.4 is 9.47 Å². The van der Waals surface area contributed by atoms with E-state index in [-0.39, 0.29) is 40.6 Å². The van der Waals surface area contributed by atoms with Gasteiger partial charge in [-0.2, -0.15) is 0 Å². The van der Waals surface area contributed by atoms with Crippen LogP contribution in [0.5, 0.6) is 17.2 Å². The lowest BCUT2D eigenvalue weighted by Crippen LogP contribution is -2.71. The number of Topliss-reactive ketones (excluding diaryl/α,β-unsaturated/α-hetero) is 3. The minimum absolute atomic E-state index is 0.0283. The molecule has 3 aliphatic rings. The number of carbonyl (C=O) groups is 3. The molecule has 1 fully saturated rings. The Kier molecular flexibility index (Phi) is 5.59. The third-order valence-corrected chi connectivity index (χ3v) is 9.14. The van der Waals surface area contributed by atoms with Gasteiger partial charge in [0, 0.05) is 17.0 Å². The number of carbonyl (C=O) groups excluding carboxylic acids is 3. The van der Waals surface area contributed by atoms with Crippen LogP contribution in [-0.2, 0) is 9.59 Å². The Balaban J connectivity index is 1.69. The summed E-state index contributed by atoms with van der Waals surface area (Å²) in [6, 6.07) is 18.5. The number of aromatic hydroxyl groups is 1. The van der Waals surface area contributed by atoms with Crippen LogP contribution in [0.4, 0.5) is 0 Å². The highest BCUT2D eigenvalue weighted by Gasteiger charge is 2.71. The van der Waals surface area contributed by atoms with Crippen molar-refractivity contribution in [1.29, 1.82) is 0 Å². The Morgan fingerprint density at radius 2 is 1.43 bits per heavy atom. The van der Waals surface area contributed by atoms with Gasteiger partial charge in [-0.25, -0.2) is 0 Å². The summed E-state index contributed by atoms with van der Waals surface area (Å²) in [5.41, 5.74) is -0.718. The predicted octanol–water partition coefficient (Wildman–Crippen LogP) is 5.44. The molecule has 4 atom stereocenters. The summed E-state index contributed by atoms with van der Waals surface area (Å²) in [6.07, 6.45) is -0.596. The standard InChI is InChI=1S/C33H32O7/c1-17-26(35)23-20(34)16-21(18-12-8-6-9-13-18)39-28(23)24-22(19-14-10-7-11-15-19)25-29(36)31(2,3)30(37)32(4,5)33(25,38)40-27(17)24/h6-15,21-22,25,35,38H,16H2,1-5H3/t21-,22+,25+,33-/m0/s1. The van der Waals surface area contributed by atoms with Crippen LogP contribution in [0.1, 0.15) is 78.7 Å². The Morgan fingerprint density at radius 1 is 0.850 bits per heavy atom. The zero-order valence-corrected chi connectivity index (χ0v) is 23.1. The van der Waals surface area contributed by atoms with Crippen LogP contribution in [0.25, 0.3) is 0 Å². The first kappa shape index (κ1) is 26.3. The number of hydrogen-bond acceptors (Lipinski definition) is 7. The maximum atomic E-state index is 14.2. The van der Waals surface area contributed by atoms with E-state index in [0.717, 1.165) is 5.56 Å². The molecule has 2 heterocycles. The normalized spacial score (nSPS) is 28.1. The Morgan fingerprint density at radius 3 is 2.02 bits per heavy atom. The molecule has 0 spiro atoms. The average Bonchev–Trinajstić information content (AvgIpc) is 2.94. The largest absolute Gasteiger partial charge is 0.507 e. The Labute approximate surface area is 232 Å². The molecule has 206 valence electrons. The SMILES string of the molecule is Cc1c(O)c2c(c3c1O[C@@]1(O)[C@@H](C(=O)C(C)(C)C(=O)C1(C)C)[C@@H]3c1ccccc1)O[C@H](c1ccccc1)CC2=O. The van der Waals surface area contributed by atoms with Crippen molar-refractivity contribution in [2.75, 3.05) is 0 Å². The topological polar surface area (TPSA) is 110 Å². The second-order valence-corrected chi connectivity index (χ2v) is 12.2. The quantitative estimate of drug-likeness (QED) is 0.417. The van der Waals surface area contributed by atoms with Gasteiger partial charge in [-0.3, -0.25) is 14.4 Å². The monoisotopic (exact) mass is 540 g/mol. The van der Waals surface area contributed by atoms with Gasteiger partial charge >= 0.3 is 0 Å². The van der Waals surface area contributed by atoms with Crippen molar-refractivity contribution in [3.63, 3.8) is 0 Å². The minimum atomic E-state index is -2.23. The molecule has 6 rings (SSSR count). The van der Waals surface area contributed by atoms with Crippen molar-refractivity contribution in [1.82, 2.24) is 0 Å². The van der Waals surface area contributed by atoms with Gasteiger partial charge in [-0.1, -0.05) is 60.7 Å². The van der Waals surface area contributed by atoms with Crippen LogP contribution in [0.3, 0.4) is 0 Å². The van der Waals surface area contributed by atoms with Gasteiger partial charge in [0.05, 0.1) is 23.2 Å². The molecule has 40 heavy (non-hydrogen) atoms. The lowest BCUT2D eigenvalue weighted by atomic mass is 9.51. The van der Waals surface area contributed by atoms with E-state index in [0.29, 0.717) is 11.1 Å². The molecule has 2 N–H and O–H groups in total. The van der Waals surface area contributed by atoms with Crippen molar-refractivity contribution < 1.29 is 34.1 Å². The van der Waals surface area contributed by atoms with Crippen molar-refractivity contribution in [2.24, 2.45) is 16.7 Å². The highest BCUT2D eigenvalue weighted by Crippen LogP contribution is 2.63. The molecule has 1 aliphatic carbocycles. The zero-order valence-electron chi connectivity index (χ0n) is 23.1. The number of phenols is 1. The minimum Gasteiger partial charge on any atom is -0.507 e. The van der Waals surface area contributed by atoms with Crippen molar-refractivity contribution >= 4 is 17.3 Å². The molecule has 3 aromatic carbocycles. The molecule has 7 heteroatoms. The van der Waals surface area contributed by atoms with E-state index < -0.39 is 46.1 Å². The van der Waals surface area contributed by atoms with Crippen molar-refractivity contribution in [3.05, 3.63) is 88.5 Å². The Bertz CT molecular complexity index is 1570. The zero-order chi connectivity index (χ0) is 28.8. The summed E-state index contributed by atoms with van der Waals surface area (Å²) >= 11 is 0. The summed E-state index contributed by atoms with van der Waals surface area (Å²) in [5, 5.41) is 23.6. The number of phenolic OH excluding ortho intramolecular Hbond substituents is 1. The molecule has 0 saturated heterocycles. The van der Waals surface area contributed by atoms with Crippen LogP contribution in [0.2, 0.25) is 0 Å². The highest BCUT2D eigenvalue weighted by atomic mass is 16.6. The van der Waals surface area contributed by atoms with Crippen molar-refractivity contribution in [3.8, 4) is 17.2 Å². The first-order valence-corrected chi connectivity index (χ1v) is 13.5. The fourth-order valence-corrected chi connectivity index (χ4v) is 6.87. The molecule has 2 aliphatic heterocycles. The van der Waals surface area contributed by atoms with Crippen LogP contribution >= 0.6 is 0 Å². The van der Waals surface area contributed by atoms with E-state index in [9.17, 15) is 24.6 Å². The fourth-order valence-electron chi connectivity index (χ4n) is 6.87. The van der Waals surface area contributed by atoms with Crippen molar-refractivity contribution in [2.45, 2.75) is 58.8 Å². The van der Waals surface area contributed by atoms with Gasteiger partial charge in [0.1, 0.15) is 28.9 Å². The van der Waals surface area contributed by atoms with Crippen LogP contribution in [0.15, 0.2) is 60.7 Å². The molecule has 7 nitrogen and oxygen atoms in total. The fraction of sp³-hybridized carbons (Fsp3) is 0.364. The molecular formula is C33H32O7. The van der Waals surface area contributed by atoms with Gasteiger partial charge in [0.2, 0.25) is 5.79 Å². The van der Waals surface area contributed by atoms with E-state index in [1.165, 1.54) is 0 Å². The average molecular weight is 541 g/mol. The first-order valence-electron chi connectivity index (χ1n) is 13.5. The molecule has 0 radical (unpaired) electrons. The van der Waals surface area contributed by atoms with Gasteiger partial charge in [0.25, 0.3) is 0 Å². The van der Waals surface area contributed by atoms with E-state index in [1.807, 2.05) is 60.7 Å². The predicted molar refractivity (Wildman–Crippen MR) is 147 cm³/mol. The lowest BCUT2D eigenvalue weighted by molar-refractivity contribution is -0.260. The summed E-state index contributed by atoms with van der Waals surface area (Å²) < 4.78 is 12.9. The number of hydrogen-bond donors (Lipinski definition) is 2. The van der Waals surface area contributed by atoms with E-state index in [1.54, 1.807) is 34.6 Å². The molecule has 0 amide bonds. The van der Waals surface area contributed by atoms with E-state index in [4.69, 9.17) is 9.47 Å². The third-order valence-electron chi connectivity index (χ3n) is 9.14. The Hall–Kier alpha value is -3.97. The van der Waals surface area contributed by atoms with Gasteiger partial charge < -0.3 is 19.7 Å². The number of rotatable bonds is 2. The number of ether oxygens (including phenoxy) is 2. The summed E-state index contributed by atoms with van der Waals surface area (Å²) in [4.78, 5) is 41.5. The summed E-state index contributed by atoms with van der Waals surface area (Å²) in [7, 11) is 0. The second-order valence-electron chi connectivity index (χ2n) is 12.2. The van der Waals surface area contributed by atoms with Crippen LogP contribution in [0, 0.1) is 23.7 Å². The first-order chi connectivity index (χ1) is 18.8. The number of aliphatic hydroxyl groups is 1. The lowest BCUT2D eigenvalue weighted by Gasteiger charge is -2.57. The number of benzene rings is 3. The smallest absolute Gasteiger partial charge is 0.231 e. The molecule has 3 aromatic rings. The maximum Gasteiger partial charge on any atom is 0.231 e.